The second-order valence-electron chi connectivity index (χ2n) is 6.85. The van der Waals surface area contributed by atoms with Crippen molar-refractivity contribution in [3.8, 4) is 0 Å². The zero-order valence-electron chi connectivity index (χ0n) is 14.2. The van der Waals surface area contributed by atoms with Crippen LogP contribution in [0.2, 0.25) is 0 Å². The highest BCUT2D eigenvalue weighted by Crippen LogP contribution is 2.36. The van der Waals surface area contributed by atoms with Gasteiger partial charge in [-0.3, -0.25) is 19.4 Å². The summed E-state index contributed by atoms with van der Waals surface area (Å²) in [5.74, 6) is 0.0557. The van der Waals surface area contributed by atoms with Crippen molar-refractivity contribution >= 4 is 17.8 Å². The smallest absolute Gasteiger partial charge is 0.327 e. The van der Waals surface area contributed by atoms with E-state index in [4.69, 9.17) is 0 Å². The molecule has 1 spiro atoms. The van der Waals surface area contributed by atoms with Crippen molar-refractivity contribution in [2.75, 3.05) is 40.3 Å². The molecule has 0 bridgehead atoms. The summed E-state index contributed by atoms with van der Waals surface area (Å²) in [6.45, 7) is 5.07. The van der Waals surface area contributed by atoms with Crippen molar-refractivity contribution in [2.24, 2.45) is 0 Å². The topological polar surface area (TPSA) is 64.2 Å². The largest absolute Gasteiger partial charge is 0.341 e. The minimum Gasteiger partial charge on any atom is -0.341 e. The molecule has 4 amide bonds. The number of imide groups is 1. The molecule has 0 aromatic rings. The van der Waals surface area contributed by atoms with E-state index in [0.29, 0.717) is 25.9 Å². The lowest BCUT2D eigenvalue weighted by molar-refractivity contribution is -0.142. The lowest BCUT2D eigenvalue weighted by Gasteiger charge is -2.42. The molecule has 3 heterocycles. The molecule has 0 saturated carbocycles. The van der Waals surface area contributed by atoms with E-state index in [1.54, 1.807) is 11.9 Å². The SMILES string of the molecule is CCN1CCC[C@H]1C(=O)N1CCC2(CC1)C(=O)N(C)C(=O)N2C. The van der Waals surface area contributed by atoms with E-state index in [-0.39, 0.29) is 23.9 Å². The standard InChI is InChI=1S/C16H26N4O3/c1-4-19-9-5-6-12(19)13(21)20-10-7-16(8-11-20)14(22)17(2)15(23)18(16)3/h12H,4-11H2,1-3H3/t12-/m0/s1. The summed E-state index contributed by atoms with van der Waals surface area (Å²) in [6.07, 6.45) is 3.06. The molecule has 7 heteroatoms. The van der Waals surface area contributed by atoms with Gasteiger partial charge in [-0.15, -0.1) is 0 Å². The normalized spacial score (nSPS) is 28.3. The molecule has 0 aromatic carbocycles. The van der Waals surface area contributed by atoms with E-state index in [0.717, 1.165) is 25.9 Å². The van der Waals surface area contributed by atoms with Gasteiger partial charge in [-0.05, 0) is 38.8 Å². The monoisotopic (exact) mass is 322 g/mol. The Bertz CT molecular complexity index is 527. The average molecular weight is 322 g/mol. The van der Waals surface area contributed by atoms with E-state index < -0.39 is 5.54 Å². The number of rotatable bonds is 2. The maximum absolute atomic E-state index is 12.8. The van der Waals surface area contributed by atoms with Gasteiger partial charge < -0.3 is 9.80 Å². The summed E-state index contributed by atoms with van der Waals surface area (Å²) >= 11 is 0. The van der Waals surface area contributed by atoms with Crippen LogP contribution < -0.4 is 0 Å². The predicted octanol–water partition coefficient (Wildman–Crippen LogP) is 0.356. The third-order valence-electron chi connectivity index (χ3n) is 5.88. The highest BCUT2D eigenvalue weighted by molar-refractivity contribution is 6.06. The summed E-state index contributed by atoms with van der Waals surface area (Å²) in [7, 11) is 3.22. The minimum absolute atomic E-state index is 0.00429. The van der Waals surface area contributed by atoms with E-state index >= 15 is 0 Å². The number of hydrogen-bond acceptors (Lipinski definition) is 4. The van der Waals surface area contributed by atoms with Gasteiger partial charge in [0.1, 0.15) is 5.54 Å². The molecular formula is C16H26N4O3. The second-order valence-corrected chi connectivity index (χ2v) is 6.85. The first-order valence-electron chi connectivity index (χ1n) is 8.51. The fraction of sp³-hybridized carbons (Fsp3) is 0.812. The number of urea groups is 1. The van der Waals surface area contributed by atoms with Crippen LogP contribution in [0.1, 0.15) is 32.6 Å². The van der Waals surface area contributed by atoms with Crippen molar-refractivity contribution in [3.05, 3.63) is 0 Å². The molecule has 0 N–H and O–H groups in total. The number of amides is 4. The van der Waals surface area contributed by atoms with Crippen molar-refractivity contribution < 1.29 is 14.4 Å². The summed E-state index contributed by atoms with van der Waals surface area (Å²) < 4.78 is 0. The fourth-order valence-corrected chi connectivity index (χ4v) is 4.29. The first-order chi connectivity index (χ1) is 10.9. The van der Waals surface area contributed by atoms with E-state index in [9.17, 15) is 14.4 Å². The molecule has 1 atom stereocenters. The van der Waals surface area contributed by atoms with Crippen LogP contribution in [0.3, 0.4) is 0 Å². The maximum Gasteiger partial charge on any atom is 0.327 e. The average Bonchev–Trinajstić information content (AvgIpc) is 3.11. The Morgan fingerprint density at radius 3 is 2.35 bits per heavy atom. The minimum atomic E-state index is -0.747. The fourth-order valence-electron chi connectivity index (χ4n) is 4.29. The number of hydrogen-bond donors (Lipinski definition) is 0. The van der Waals surface area contributed by atoms with Crippen LogP contribution in [-0.4, -0.2) is 89.3 Å². The van der Waals surface area contributed by atoms with Crippen LogP contribution in [0, 0.1) is 0 Å². The lowest BCUT2D eigenvalue weighted by Crippen LogP contribution is -2.58. The zero-order chi connectivity index (χ0) is 16.8. The molecule has 0 aliphatic carbocycles. The Morgan fingerprint density at radius 1 is 1.17 bits per heavy atom. The highest BCUT2D eigenvalue weighted by atomic mass is 16.2. The van der Waals surface area contributed by atoms with Gasteiger partial charge in [0.2, 0.25) is 5.91 Å². The molecule has 7 nitrogen and oxygen atoms in total. The third kappa shape index (κ3) is 2.33. The van der Waals surface area contributed by atoms with Crippen LogP contribution in [0.25, 0.3) is 0 Å². The number of carbonyl (C=O) groups excluding carboxylic acids is 3. The van der Waals surface area contributed by atoms with Crippen molar-refractivity contribution in [1.29, 1.82) is 0 Å². The number of likely N-dealkylation sites (N-methyl/N-ethyl adjacent to an activating group) is 3. The molecule has 0 unspecified atom stereocenters. The molecular weight excluding hydrogens is 296 g/mol. The summed E-state index contributed by atoms with van der Waals surface area (Å²) in [4.78, 5) is 44.2. The molecule has 3 rings (SSSR count). The van der Waals surface area contributed by atoms with Gasteiger partial charge in [0.15, 0.2) is 0 Å². The lowest BCUT2D eigenvalue weighted by atomic mass is 9.86. The van der Waals surface area contributed by atoms with Crippen LogP contribution in [-0.2, 0) is 9.59 Å². The number of likely N-dealkylation sites (tertiary alicyclic amines) is 2. The van der Waals surface area contributed by atoms with Gasteiger partial charge in [-0.1, -0.05) is 6.92 Å². The molecule has 0 radical (unpaired) electrons. The number of piperidine rings is 1. The number of carbonyl (C=O) groups is 3. The van der Waals surface area contributed by atoms with Gasteiger partial charge in [-0.25, -0.2) is 4.79 Å². The first-order valence-corrected chi connectivity index (χ1v) is 8.51. The van der Waals surface area contributed by atoms with E-state index in [1.807, 2.05) is 4.90 Å². The van der Waals surface area contributed by atoms with Crippen molar-refractivity contribution in [3.63, 3.8) is 0 Å². The Hall–Kier alpha value is -1.63. The summed E-state index contributed by atoms with van der Waals surface area (Å²) in [5.41, 5.74) is -0.747. The molecule has 23 heavy (non-hydrogen) atoms. The highest BCUT2D eigenvalue weighted by Gasteiger charge is 2.55. The maximum atomic E-state index is 12.8. The molecule has 3 aliphatic heterocycles. The van der Waals surface area contributed by atoms with E-state index in [2.05, 4.69) is 11.8 Å². The van der Waals surface area contributed by atoms with Crippen molar-refractivity contribution in [2.45, 2.75) is 44.2 Å². The third-order valence-corrected chi connectivity index (χ3v) is 5.88. The number of nitrogens with zero attached hydrogens (tertiary/aromatic N) is 4. The molecule has 128 valence electrons. The predicted molar refractivity (Wildman–Crippen MR) is 84.7 cm³/mol. The first kappa shape index (κ1) is 16.2. The Kier molecular flexibility index (Phi) is 4.08. The Labute approximate surface area is 137 Å². The Morgan fingerprint density at radius 2 is 1.83 bits per heavy atom. The summed E-state index contributed by atoms with van der Waals surface area (Å²) in [5, 5.41) is 0. The zero-order valence-corrected chi connectivity index (χ0v) is 14.2. The van der Waals surface area contributed by atoms with Gasteiger partial charge in [0.25, 0.3) is 5.91 Å². The summed E-state index contributed by atoms with van der Waals surface area (Å²) in [6, 6.07) is -0.252. The van der Waals surface area contributed by atoms with Crippen LogP contribution in [0.4, 0.5) is 4.79 Å². The van der Waals surface area contributed by atoms with Gasteiger partial charge in [-0.2, -0.15) is 0 Å². The Balaban J connectivity index is 1.68. The van der Waals surface area contributed by atoms with Gasteiger partial charge in [0, 0.05) is 27.2 Å². The molecule has 3 saturated heterocycles. The van der Waals surface area contributed by atoms with Crippen LogP contribution in [0.15, 0.2) is 0 Å². The van der Waals surface area contributed by atoms with Gasteiger partial charge in [0.05, 0.1) is 6.04 Å². The van der Waals surface area contributed by atoms with Crippen molar-refractivity contribution in [1.82, 2.24) is 19.6 Å². The van der Waals surface area contributed by atoms with Crippen LogP contribution >= 0.6 is 0 Å². The van der Waals surface area contributed by atoms with E-state index in [1.165, 1.54) is 11.9 Å². The molecule has 3 fully saturated rings. The molecule has 0 aromatic heterocycles. The quantitative estimate of drug-likeness (QED) is 0.689. The van der Waals surface area contributed by atoms with Crippen LogP contribution in [0.5, 0.6) is 0 Å². The van der Waals surface area contributed by atoms with Gasteiger partial charge >= 0.3 is 6.03 Å². The second kappa shape index (κ2) is 5.78. The molecule has 3 aliphatic rings.